The Balaban J connectivity index is 1.23. The van der Waals surface area contributed by atoms with Crippen LogP contribution in [0.15, 0.2) is 24.3 Å². The van der Waals surface area contributed by atoms with Crippen molar-refractivity contribution in [3.8, 4) is 34.5 Å². The largest absolute Gasteiger partial charge is 0.508 e. The van der Waals surface area contributed by atoms with Crippen LogP contribution in [0.25, 0.3) is 10.9 Å². The second-order valence-corrected chi connectivity index (χ2v) is 16.2. The summed E-state index contributed by atoms with van der Waals surface area (Å²) in [6.45, 7) is 5.32. The number of rotatable bonds is 2. The lowest BCUT2D eigenvalue weighted by molar-refractivity contribution is -0.164. The van der Waals surface area contributed by atoms with Crippen molar-refractivity contribution in [1.29, 1.82) is 0 Å². The Bertz CT molecular complexity index is 2310. The van der Waals surface area contributed by atoms with Gasteiger partial charge < -0.3 is 49.3 Å². The molecule has 14 nitrogen and oxygen atoms in total. The molecular formula is C39H40N4O10S. The molecule has 0 amide bonds. The highest BCUT2D eigenvalue weighted by Gasteiger charge is 2.60. The summed E-state index contributed by atoms with van der Waals surface area (Å²) in [5.74, 6) is 0.947. The number of H-pyrrole nitrogens is 1. The van der Waals surface area contributed by atoms with Crippen molar-refractivity contribution in [2.75, 3.05) is 32.8 Å². The zero-order valence-corrected chi connectivity index (χ0v) is 30.9. The molecule has 282 valence electrons. The Hall–Kier alpha value is -4.67. The monoisotopic (exact) mass is 756 g/mol. The van der Waals surface area contributed by atoms with Crippen molar-refractivity contribution in [2.45, 2.75) is 74.8 Å². The van der Waals surface area contributed by atoms with E-state index >= 15 is 0 Å². The number of phenolic OH excluding ortho intramolecular Hbond substituents is 2. The van der Waals surface area contributed by atoms with Crippen molar-refractivity contribution in [1.82, 2.24) is 20.5 Å². The molecule has 4 bridgehead atoms. The van der Waals surface area contributed by atoms with E-state index in [1.807, 2.05) is 24.8 Å². The number of aromatic hydroxyl groups is 2. The summed E-state index contributed by atoms with van der Waals surface area (Å²) in [5.41, 5.74) is 5.34. The molecule has 1 aromatic heterocycles. The molecule has 8 heterocycles. The number of aliphatic hydroxyl groups is 1. The average molecular weight is 757 g/mol. The summed E-state index contributed by atoms with van der Waals surface area (Å²) in [5, 5.41) is 42.2. The lowest BCUT2D eigenvalue weighted by Crippen LogP contribution is -2.69. The first-order valence-electron chi connectivity index (χ1n) is 18.2. The van der Waals surface area contributed by atoms with Crippen LogP contribution in [0.3, 0.4) is 0 Å². The number of nitrogens with zero attached hydrogens (tertiary/aromatic N) is 1. The second kappa shape index (κ2) is 11.9. The van der Waals surface area contributed by atoms with E-state index in [2.05, 4.69) is 15.6 Å². The van der Waals surface area contributed by atoms with Crippen molar-refractivity contribution < 1.29 is 48.6 Å². The number of aryl methyl sites for hydroxylation is 1. The van der Waals surface area contributed by atoms with Gasteiger partial charge in [-0.05, 0) is 61.6 Å². The third-order valence-corrected chi connectivity index (χ3v) is 13.7. The maximum absolute atomic E-state index is 14.7. The Morgan fingerprint density at radius 3 is 2.69 bits per heavy atom. The van der Waals surface area contributed by atoms with Gasteiger partial charge in [0.2, 0.25) is 6.79 Å². The van der Waals surface area contributed by atoms with Gasteiger partial charge in [0.15, 0.2) is 28.5 Å². The second-order valence-electron chi connectivity index (χ2n) is 15.0. The minimum Gasteiger partial charge on any atom is -0.508 e. The van der Waals surface area contributed by atoms with Gasteiger partial charge in [-0.15, -0.1) is 11.8 Å². The first-order chi connectivity index (χ1) is 26.0. The van der Waals surface area contributed by atoms with Crippen LogP contribution in [-0.2, 0) is 32.7 Å². The maximum Gasteiger partial charge on any atom is 0.333 e. The molecule has 3 aromatic carbocycles. The first kappa shape index (κ1) is 33.9. The number of hydrogen-bond acceptors (Lipinski definition) is 14. The van der Waals surface area contributed by atoms with Gasteiger partial charge >= 0.3 is 11.9 Å². The smallest absolute Gasteiger partial charge is 0.333 e. The molecule has 11 rings (SSSR count). The van der Waals surface area contributed by atoms with Gasteiger partial charge in [-0.2, -0.15) is 0 Å². The average Bonchev–Trinajstić information content (AvgIpc) is 3.79. The van der Waals surface area contributed by atoms with Gasteiger partial charge in [-0.1, -0.05) is 6.07 Å². The zero-order valence-electron chi connectivity index (χ0n) is 30.1. The number of piperazine rings is 1. The minimum atomic E-state index is -1.32. The van der Waals surface area contributed by atoms with E-state index in [1.54, 1.807) is 18.2 Å². The fraction of sp³-hybridized carbons (Fsp3) is 0.436. The number of aromatic amines is 1. The number of carbonyl (C=O) groups excluding carboxylic acids is 2. The molecule has 2 saturated heterocycles. The molecule has 1 spiro atoms. The summed E-state index contributed by atoms with van der Waals surface area (Å²) < 4.78 is 30.4. The molecule has 7 aliphatic heterocycles. The zero-order chi connectivity index (χ0) is 37.4. The number of esters is 2. The SMILES string of the molecule is COc1c(C)cc2c(c1O)C1NC(C2)[C@H](O)N2C1[C@@H]1SC[C@]3(NCCc4c3[nH]c3ccc(O)cc43)C(=O)OC[C@H]2c2c3c(c(C)c(OC(C)=O)c21)OCO3. The number of carbonyl (C=O) groups is 2. The molecule has 15 heteroatoms. The first-order valence-corrected chi connectivity index (χ1v) is 19.2. The molecule has 0 aliphatic carbocycles. The third-order valence-electron chi connectivity index (χ3n) is 12.2. The predicted octanol–water partition coefficient (Wildman–Crippen LogP) is 3.54. The number of methoxy groups -OCH3 is 1. The molecule has 54 heavy (non-hydrogen) atoms. The van der Waals surface area contributed by atoms with Crippen LogP contribution in [-0.4, -0.2) is 88.3 Å². The number of ether oxygens (including phenoxy) is 5. The van der Waals surface area contributed by atoms with Crippen molar-refractivity contribution in [3.63, 3.8) is 0 Å². The van der Waals surface area contributed by atoms with Crippen molar-refractivity contribution in [3.05, 3.63) is 68.9 Å². The summed E-state index contributed by atoms with van der Waals surface area (Å²) in [6, 6.07) is 4.84. The van der Waals surface area contributed by atoms with E-state index in [-0.39, 0.29) is 30.7 Å². The van der Waals surface area contributed by atoms with Crippen LogP contribution < -0.4 is 29.6 Å². The van der Waals surface area contributed by atoms with Gasteiger partial charge in [0.1, 0.15) is 24.3 Å². The molecule has 2 fully saturated rings. The van der Waals surface area contributed by atoms with E-state index in [0.717, 1.165) is 27.6 Å². The fourth-order valence-electron chi connectivity index (χ4n) is 10.1. The van der Waals surface area contributed by atoms with Crippen LogP contribution in [0.2, 0.25) is 0 Å². The number of nitrogens with one attached hydrogen (secondary N) is 3. The van der Waals surface area contributed by atoms with E-state index in [0.29, 0.717) is 70.3 Å². The van der Waals surface area contributed by atoms with E-state index in [1.165, 1.54) is 25.8 Å². The van der Waals surface area contributed by atoms with Gasteiger partial charge in [-0.25, -0.2) is 4.79 Å². The van der Waals surface area contributed by atoms with E-state index in [9.17, 15) is 24.9 Å². The molecule has 7 atom stereocenters. The molecule has 4 aromatic rings. The van der Waals surface area contributed by atoms with Crippen LogP contribution in [0.1, 0.15) is 68.9 Å². The summed E-state index contributed by atoms with van der Waals surface area (Å²) in [4.78, 5) is 33.1. The number of thioether (sulfide) groups is 1. The van der Waals surface area contributed by atoms with Crippen molar-refractivity contribution >= 4 is 34.6 Å². The van der Waals surface area contributed by atoms with E-state index in [4.69, 9.17) is 23.7 Å². The predicted molar refractivity (Wildman–Crippen MR) is 195 cm³/mol. The number of phenols is 2. The van der Waals surface area contributed by atoms with E-state index < -0.39 is 53.1 Å². The molecule has 0 saturated carbocycles. The number of aromatic nitrogens is 1. The number of hydrogen-bond donors (Lipinski definition) is 6. The molecule has 0 radical (unpaired) electrons. The lowest BCUT2D eigenvalue weighted by atomic mass is 9.74. The number of fused-ring (bicyclic) bond motifs is 11. The van der Waals surface area contributed by atoms with Gasteiger partial charge in [0, 0.05) is 58.4 Å². The number of benzene rings is 3. The normalized spacial score (nSPS) is 29.2. The molecular weight excluding hydrogens is 717 g/mol. The summed E-state index contributed by atoms with van der Waals surface area (Å²) in [6.07, 6.45) is 0.0106. The highest BCUT2D eigenvalue weighted by atomic mass is 32.2. The van der Waals surface area contributed by atoms with Crippen molar-refractivity contribution in [2.24, 2.45) is 0 Å². The third kappa shape index (κ3) is 4.50. The quantitative estimate of drug-likeness (QED) is 0.129. The van der Waals surface area contributed by atoms with Crippen LogP contribution >= 0.6 is 11.8 Å². The standard InChI is InChI=1S/C39H40N4O10S/c1-15-9-18-10-23-37(47)43-24-12-50-38(48)39(36-20(7-8-40-39)21-11-19(45)5-6-22(21)42-36)13-54-35(29(43)28(41-23)25(18)30(46)31(15)49-4)27-26(24)34-33(51-14-52-34)16(2)32(27)53-17(3)44/h5-6,9,11,23-24,28-29,35,37,40-42,45-47H,7-8,10,12-14H2,1-4H3/t23?,24-,28?,29?,35+,37-,39+/m0/s1. The van der Waals surface area contributed by atoms with Gasteiger partial charge in [-0.3, -0.25) is 15.0 Å². The fourth-order valence-corrected chi connectivity index (χ4v) is 11.7. The van der Waals surface area contributed by atoms with Gasteiger partial charge in [0.25, 0.3) is 0 Å². The Morgan fingerprint density at radius 2 is 1.89 bits per heavy atom. The van der Waals surface area contributed by atoms with Gasteiger partial charge in [0.05, 0.1) is 36.2 Å². The van der Waals surface area contributed by atoms with Crippen LogP contribution in [0.5, 0.6) is 34.5 Å². The Labute approximate surface area is 314 Å². The molecule has 6 N–H and O–H groups in total. The Kier molecular flexibility index (Phi) is 7.47. The topological polar surface area (TPSA) is 184 Å². The lowest BCUT2D eigenvalue weighted by Gasteiger charge is -2.59. The summed E-state index contributed by atoms with van der Waals surface area (Å²) >= 11 is 1.48. The molecule has 7 aliphatic rings. The maximum atomic E-state index is 14.7. The van der Waals surface area contributed by atoms with Crippen LogP contribution in [0.4, 0.5) is 0 Å². The highest BCUT2D eigenvalue weighted by molar-refractivity contribution is 7.99. The summed E-state index contributed by atoms with van der Waals surface area (Å²) in [7, 11) is 1.53. The van der Waals surface area contributed by atoms with Crippen LogP contribution in [0, 0.1) is 13.8 Å². The highest BCUT2D eigenvalue weighted by Crippen LogP contribution is 2.63. The minimum absolute atomic E-state index is 0.0304. The number of aliphatic hydroxyl groups excluding tert-OH is 1. The molecule has 3 unspecified atom stereocenters. The Morgan fingerprint density at radius 1 is 1.07 bits per heavy atom.